The molecule has 0 fully saturated rings. The number of sulfonamides is 1. The van der Waals surface area contributed by atoms with Gasteiger partial charge in [-0.1, -0.05) is 0 Å². The number of anilines is 1. The van der Waals surface area contributed by atoms with Crippen molar-refractivity contribution in [2.24, 2.45) is 7.05 Å². The third kappa shape index (κ3) is 2.96. The largest absolute Gasteiger partial charge is 0.398 e. The van der Waals surface area contributed by atoms with Crippen LogP contribution < -0.4 is 11.4 Å². The number of nitrogens with zero attached hydrogens (tertiary/aromatic N) is 3. The minimum absolute atomic E-state index is 0.129. The molecule has 0 aliphatic carbocycles. The second-order valence-corrected chi connectivity index (χ2v) is 7.62. The molecule has 0 atom stereocenters. The first kappa shape index (κ1) is 15.6. The molecule has 2 aromatic rings. The number of aromatic nitrogens is 3. The van der Waals surface area contributed by atoms with Gasteiger partial charge in [-0.15, -0.1) is 5.10 Å². The SMILES string of the molecule is CN(C)S(=O)(=O)c1ccc(N)c(Sc2n[nH]c(=O)n2C)c1. The standard InChI is InChI=1S/C11H15N5O3S2/c1-15(2)21(18,19)7-4-5-8(12)9(6-7)20-11-14-13-10(17)16(11)3/h4-6H,12H2,1-3H3,(H,13,17). The normalized spacial score (nSPS) is 12.0. The van der Waals surface area contributed by atoms with Gasteiger partial charge in [0.2, 0.25) is 10.0 Å². The molecule has 0 spiro atoms. The van der Waals surface area contributed by atoms with E-state index < -0.39 is 10.0 Å². The van der Waals surface area contributed by atoms with Crippen molar-refractivity contribution in [3.8, 4) is 0 Å². The number of benzene rings is 1. The van der Waals surface area contributed by atoms with Gasteiger partial charge in [0.15, 0.2) is 5.16 Å². The number of nitrogens with two attached hydrogens (primary N) is 1. The van der Waals surface area contributed by atoms with Gasteiger partial charge in [-0.25, -0.2) is 22.6 Å². The highest BCUT2D eigenvalue weighted by Gasteiger charge is 2.19. The third-order valence-corrected chi connectivity index (χ3v) is 5.74. The number of H-pyrrole nitrogens is 1. The van der Waals surface area contributed by atoms with Crippen molar-refractivity contribution in [1.29, 1.82) is 0 Å². The lowest BCUT2D eigenvalue weighted by atomic mass is 10.3. The maximum Gasteiger partial charge on any atom is 0.343 e. The molecule has 1 aromatic carbocycles. The molecule has 2 rings (SSSR count). The summed E-state index contributed by atoms with van der Waals surface area (Å²) in [5, 5.41) is 6.56. The summed E-state index contributed by atoms with van der Waals surface area (Å²) in [5.41, 5.74) is 5.92. The summed E-state index contributed by atoms with van der Waals surface area (Å²) in [6.45, 7) is 0. The molecule has 0 aliphatic rings. The number of rotatable bonds is 4. The fourth-order valence-electron chi connectivity index (χ4n) is 1.50. The maximum absolute atomic E-state index is 12.1. The summed E-state index contributed by atoms with van der Waals surface area (Å²) < 4.78 is 26.7. The van der Waals surface area contributed by atoms with E-state index in [1.54, 1.807) is 7.05 Å². The van der Waals surface area contributed by atoms with E-state index in [0.717, 1.165) is 16.1 Å². The Balaban J connectivity index is 2.46. The molecule has 8 nitrogen and oxygen atoms in total. The molecular formula is C11H15N5O3S2. The maximum atomic E-state index is 12.1. The molecular weight excluding hydrogens is 314 g/mol. The van der Waals surface area contributed by atoms with E-state index in [1.807, 2.05) is 0 Å². The summed E-state index contributed by atoms with van der Waals surface area (Å²) in [7, 11) is 0.923. The summed E-state index contributed by atoms with van der Waals surface area (Å²) >= 11 is 1.12. The topological polar surface area (TPSA) is 114 Å². The molecule has 10 heteroatoms. The molecule has 0 amide bonds. The zero-order valence-electron chi connectivity index (χ0n) is 11.7. The monoisotopic (exact) mass is 329 g/mol. The van der Waals surface area contributed by atoms with E-state index in [1.165, 1.54) is 36.9 Å². The van der Waals surface area contributed by atoms with E-state index in [2.05, 4.69) is 10.2 Å². The fraction of sp³-hybridized carbons (Fsp3) is 0.273. The molecule has 1 aromatic heterocycles. The molecule has 1 heterocycles. The first-order chi connectivity index (χ1) is 9.73. The summed E-state index contributed by atoms with van der Waals surface area (Å²) in [6.07, 6.45) is 0. The van der Waals surface area contributed by atoms with Crippen molar-refractivity contribution in [1.82, 2.24) is 19.1 Å². The molecule has 0 radical (unpaired) electrons. The van der Waals surface area contributed by atoms with Crippen LogP contribution in [0.5, 0.6) is 0 Å². The van der Waals surface area contributed by atoms with Crippen molar-refractivity contribution in [3.05, 3.63) is 28.7 Å². The first-order valence-electron chi connectivity index (χ1n) is 5.85. The quantitative estimate of drug-likeness (QED) is 0.769. The van der Waals surface area contributed by atoms with E-state index >= 15 is 0 Å². The third-order valence-electron chi connectivity index (χ3n) is 2.80. The van der Waals surface area contributed by atoms with Gasteiger partial charge in [0.1, 0.15) is 0 Å². The van der Waals surface area contributed by atoms with Crippen LogP contribution in [0.3, 0.4) is 0 Å². The van der Waals surface area contributed by atoms with Crippen LogP contribution in [0.25, 0.3) is 0 Å². The smallest absolute Gasteiger partial charge is 0.343 e. The van der Waals surface area contributed by atoms with E-state index in [9.17, 15) is 13.2 Å². The van der Waals surface area contributed by atoms with Crippen molar-refractivity contribution in [2.75, 3.05) is 19.8 Å². The predicted octanol–water partition coefficient (Wildman–Crippen LogP) is 0.0921. The summed E-state index contributed by atoms with van der Waals surface area (Å²) in [5.74, 6) is 0. The van der Waals surface area contributed by atoms with Gasteiger partial charge in [-0.3, -0.25) is 4.57 Å². The molecule has 0 bridgehead atoms. The van der Waals surface area contributed by atoms with Gasteiger partial charge in [-0.05, 0) is 30.0 Å². The Bertz CT molecular complexity index is 823. The molecule has 0 saturated heterocycles. The van der Waals surface area contributed by atoms with Crippen LogP contribution >= 0.6 is 11.8 Å². The molecule has 21 heavy (non-hydrogen) atoms. The van der Waals surface area contributed by atoms with E-state index in [0.29, 0.717) is 15.7 Å². The minimum atomic E-state index is -3.55. The Morgan fingerprint density at radius 3 is 2.57 bits per heavy atom. The minimum Gasteiger partial charge on any atom is -0.398 e. The van der Waals surface area contributed by atoms with Gasteiger partial charge >= 0.3 is 5.69 Å². The average Bonchev–Trinajstić information content (AvgIpc) is 2.72. The van der Waals surface area contributed by atoms with Crippen LogP contribution in [0.15, 0.2) is 37.9 Å². The summed E-state index contributed by atoms with van der Waals surface area (Å²) in [6, 6.07) is 4.43. The predicted molar refractivity (Wildman–Crippen MR) is 79.7 cm³/mol. The van der Waals surface area contributed by atoms with Gasteiger partial charge in [-0.2, -0.15) is 0 Å². The molecule has 0 aliphatic heterocycles. The Hall–Kier alpha value is -1.78. The van der Waals surface area contributed by atoms with Gasteiger partial charge in [0.05, 0.1) is 4.90 Å². The van der Waals surface area contributed by atoms with Crippen molar-refractivity contribution < 1.29 is 8.42 Å². The second-order valence-electron chi connectivity index (χ2n) is 4.46. The van der Waals surface area contributed by atoms with Crippen LogP contribution in [0.1, 0.15) is 0 Å². The Kier molecular flexibility index (Phi) is 4.12. The fourth-order valence-corrected chi connectivity index (χ4v) is 3.38. The summed E-state index contributed by atoms with van der Waals surface area (Å²) in [4.78, 5) is 12.0. The van der Waals surface area contributed by atoms with Crippen LogP contribution in [-0.4, -0.2) is 41.6 Å². The van der Waals surface area contributed by atoms with E-state index in [-0.39, 0.29) is 10.6 Å². The van der Waals surface area contributed by atoms with Crippen LogP contribution in [-0.2, 0) is 17.1 Å². The molecule has 114 valence electrons. The highest BCUT2D eigenvalue weighted by molar-refractivity contribution is 7.99. The van der Waals surface area contributed by atoms with Crippen LogP contribution in [0.4, 0.5) is 5.69 Å². The number of nitrogens with one attached hydrogen (secondary N) is 1. The lowest BCUT2D eigenvalue weighted by molar-refractivity contribution is 0.520. The zero-order valence-corrected chi connectivity index (χ0v) is 13.3. The van der Waals surface area contributed by atoms with Crippen LogP contribution in [0, 0.1) is 0 Å². The average molecular weight is 329 g/mol. The van der Waals surface area contributed by atoms with Crippen molar-refractivity contribution in [2.45, 2.75) is 14.9 Å². The van der Waals surface area contributed by atoms with Gasteiger partial charge in [0.25, 0.3) is 0 Å². The van der Waals surface area contributed by atoms with Crippen LogP contribution in [0.2, 0.25) is 0 Å². The number of hydrogen-bond donors (Lipinski definition) is 2. The second kappa shape index (κ2) is 5.54. The highest BCUT2D eigenvalue weighted by atomic mass is 32.2. The van der Waals surface area contributed by atoms with Crippen molar-refractivity contribution in [3.63, 3.8) is 0 Å². The lowest BCUT2D eigenvalue weighted by Gasteiger charge is -2.13. The molecule has 0 unspecified atom stereocenters. The molecule has 3 N–H and O–H groups in total. The highest BCUT2D eigenvalue weighted by Crippen LogP contribution is 2.32. The van der Waals surface area contributed by atoms with Gasteiger partial charge < -0.3 is 5.73 Å². The Morgan fingerprint density at radius 1 is 1.38 bits per heavy atom. The zero-order chi connectivity index (χ0) is 15.8. The number of nitrogen functional groups attached to an aromatic ring is 1. The lowest BCUT2D eigenvalue weighted by Crippen LogP contribution is -2.22. The Morgan fingerprint density at radius 2 is 2.05 bits per heavy atom. The van der Waals surface area contributed by atoms with Gasteiger partial charge in [0, 0.05) is 31.7 Å². The Labute approximate surface area is 126 Å². The molecule has 0 saturated carbocycles. The number of aromatic amines is 1. The first-order valence-corrected chi connectivity index (χ1v) is 8.10. The van der Waals surface area contributed by atoms with E-state index in [4.69, 9.17) is 5.73 Å². The number of hydrogen-bond acceptors (Lipinski definition) is 6. The van der Waals surface area contributed by atoms with Crippen molar-refractivity contribution >= 4 is 27.5 Å².